The molecule has 0 bridgehead atoms. The summed E-state index contributed by atoms with van der Waals surface area (Å²) in [5.74, 6) is 2.68. The Morgan fingerprint density at radius 1 is 1.29 bits per heavy atom. The van der Waals surface area contributed by atoms with Crippen molar-refractivity contribution in [2.75, 3.05) is 20.2 Å². The molecule has 0 aliphatic heterocycles. The van der Waals surface area contributed by atoms with E-state index in [0.717, 1.165) is 30.8 Å². The maximum absolute atomic E-state index is 11.5. The summed E-state index contributed by atoms with van der Waals surface area (Å²) in [4.78, 5) is 11.5. The molecular formula is C14H25NO2. The van der Waals surface area contributed by atoms with Crippen LogP contribution in [0.25, 0.3) is 0 Å². The summed E-state index contributed by atoms with van der Waals surface area (Å²) in [5, 5.41) is 3.48. The number of hydrogen-bond acceptors (Lipinski definition) is 3. The summed E-state index contributed by atoms with van der Waals surface area (Å²) in [6.45, 7) is 5.68. The molecule has 3 nitrogen and oxygen atoms in total. The first kappa shape index (κ1) is 12.9. The van der Waals surface area contributed by atoms with E-state index in [9.17, 15) is 4.79 Å². The Labute approximate surface area is 104 Å². The molecule has 0 spiro atoms. The van der Waals surface area contributed by atoms with Gasteiger partial charge in [0.25, 0.3) is 0 Å². The fourth-order valence-corrected chi connectivity index (χ4v) is 2.67. The van der Waals surface area contributed by atoms with Crippen LogP contribution in [0.2, 0.25) is 0 Å². The van der Waals surface area contributed by atoms with E-state index in [1.54, 1.807) is 0 Å². The third kappa shape index (κ3) is 3.44. The fraction of sp³-hybridized carbons (Fsp3) is 0.929. The van der Waals surface area contributed by atoms with Gasteiger partial charge in [-0.25, -0.2) is 0 Å². The first-order chi connectivity index (χ1) is 8.04. The van der Waals surface area contributed by atoms with Crippen LogP contribution in [0.1, 0.15) is 39.5 Å². The van der Waals surface area contributed by atoms with Crippen LogP contribution in [0.5, 0.6) is 0 Å². The number of esters is 1. The summed E-state index contributed by atoms with van der Waals surface area (Å²) in [6.07, 6.45) is 5.68. The molecule has 17 heavy (non-hydrogen) atoms. The second kappa shape index (κ2) is 4.97. The van der Waals surface area contributed by atoms with Gasteiger partial charge in [0.1, 0.15) is 0 Å². The molecule has 0 aromatic rings. The van der Waals surface area contributed by atoms with Gasteiger partial charge in [0.15, 0.2) is 0 Å². The highest BCUT2D eigenvalue weighted by molar-refractivity contribution is 5.76. The second-order valence-corrected chi connectivity index (χ2v) is 6.35. The Balaban J connectivity index is 1.72. The molecule has 0 atom stereocenters. The standard InChI is InChI=1S/C14H25NO2/c1-14(2,13(16)17-3)9-15-8-12(10-4-5-10)11-6-7-11/h10-12,15H,4-9H2,1-3H3. The number of nitrogens with one attached hydrogen (secondary N) is 1. The molecule has 0 radical (unpaired) electrons. The van der Waals surface area contributed by atoms with Crippen molar-refractivity contribution in [3.63, 3.8) is 0 Å². The van der Waals surface area contributed by atoms with Crippen molar-refractivity contribution < 1.29 is 9.53 Å². The molecular weight excluding hydrogens is 214 g/mol. The van der Waals surface area contributed by atoms with E-state index in [1.165, 1.54) is 32.8 Å². The van der Waals surface area contributed by atoms with Crippen LogP contribution >= 0.6 is 0 Å². The topological polar surface area (TPSA) is 38.3 Å². The lowest BCUT2D eigenvalue weighted by molar-refractivity contribution is -0.150. The monoisotopic (exact) mass is 239 g/mol. The first-order valence-electron chi connectivity index (χ1n) is 6.84. The van der Waals surface area contributed by atoms with Crippen molar-refractivity contribution in [3.05, 3.63) is 0 Å². The Bertz CT molecular complexity index is 268. The lowest BCUT2D eigenvalue weighted by Crippen LogP contribution is -2.39. The minimum Gasteiger partial charge on any atom is -0.469 e. The average Bonchev–Trinajstić information content (AvgIpc) is 3.15. The summed E-state index contributed by atoms with van der Waals surface area (Å²) in [6, 6.07) is 0. The molecule has 0 unspecified atom stereocenters. The molecule has 1 N–H and O–H groups in total. The van der Waals surface area contributed by atoms with E-state index < -0.39 is 5.41 Å². The molecule has 0 amide bonds. The highest BCUT2D eigenvalue weighted by Gasteiger charge is 2.41. The van der Waals surface area contributed by atoms with Crippen molar-refractivity contribution in [2.45, 2.75) is 39.5 Å². The van der Waals surface area contributed by atoms with E-state index in [0.29, 0.717) is 0 Å². The van der Waals surface area contributed by atoms with Crippen LogP contribution in [-0.4, -0.2) is 26.2 Å². The zero-order valence-corrected chi connectivity index (χ0v) is 11.3. The average molecular weight is 239 g/mol. The minimum atomic E-state index is -0.410. The molecule has 0 aromatic carbocycles. The van der Waals surface area contributed by atoms with Crippen LogP contribution in [0.15, 0.2) is 0 Å². The van der Waals surface area contributed by atoms with Gasteiger partial charge in [-0.05, 0) is 63.8 Å². The summed E-state index contributed by atoms with van der Waals surface area (Å²) >= 11 is 0. The van der Waals surface area contributed by atoms with Gasteiger partial charge in [-0.3, -0.25) is 4.79 Å². The smallest absolute Gasteiger partial charge is 0.312 e. The molecule has 3 heteroatoms. The molecule has 98 valence electrons. The van der Waals surface area contributed by atoms with Gasteiger partial charge in [-0.1, -0.05) is 0 Å². The van der Waals surface area contributed by atoms with Gasteiger partial charge >= 0.3 is 5.97 Å². The van der Waals surface area contributed by atoms with E-state index in [4.69, 9.17) is 4.74 Å². The van der Waals surface area contributed by atoms with Crippen LogP contribution in [0.3, 0.4) is 0 Å². The molecule has 0 saturated heterocycles. The van der Waals surface area contributed by atoms with Crippen molar-refractivity contribution >= 4 is 5.97 Å². The third-order valence-corrected chi connectivity index (χ3v) is 4.14. The SMILES string of the molecule is COC(=O)C(C)(C)CNCC(C1CC1)C1CC1. The number of ether oxygens (including phenoxy) is 1. The van der Waals surface area contributed by atoms with Crippen LogP contribution < -0.4 is 5.32 Å². The Kier molecular flexibility index (Phi) is 3.76. The Morgan fingerprint density at radius 3 is 2.24 bits per heavy atom. The number of carbonyl (C=O) groups is 1. The predicted octanol–water partition coefficient (Wildman–Crippen LogP) is 2.21. The zero-order chi connectivity index (χ0) is 12.5. The highest BCUT2D eigenvalue weighted by atomic mass is 16.5. The number of hydrogen-bond donors (Lipinski definition) is 1. The van der Waals surface area contributed by atoms with Gasteiger partial charge in [-0.15, -0.1) is 0 Å². The lowest BCUT2D eigenvalue weighted by atomic mass is 9.92. The zero-order valence-electron chi connectivity index (χ0n) is 11.3. The molecule has 0 heterocycles. The van der Waals surface area contributed by atoms with Crippen molar-refractivity contribution in [2.24, 2.45) is 23.2 Å². The quantitative estimate of drug-likeness (QED) is 0.692. The second-order valence-electron chi connectivity index (χ2n) is 6.35. The van der Waals surface area contributed by atoms with E-state index in [2.05, 4.69) is 5.32 Å². The number of methoxy groups -OCH3 is 1. The third-order valence-electron chi connectivity index (χ3n) is 4.14. The van der Waals surface area contributed by atoms with E-state index in [-0.39, 0.29) is 5.97 Å². The van der Waals surface area contributed by atoms with Crippen molar-refractivity contribution in [1.29, 1.82) is 0 Å². The molecule has 2 aliphatic rings. The van der Waals surface area contributed by atoms with Crippen LogP contribution in [0.4, 0.5) is 0 Å². The highest BCUT2D eigenvalue weighted by Crippen LogP contribution is 2.48. The van der Waals surface area contributed by atoms with Crippen molar-refractivity contribution in [3.8, 4) is 0 Å². The largest absolute Gasteiger partial charge is 0.469 e. The Hall–Kier alpha value is -0.570. The van der Waals surface area contributed by atoms with E-state index >= 15 is 0 Å². The maximum atomic E-state index is 11.5. The molecule has 2 fully saturated rings. The van der Waals surface area contributed by atoms with Crippen molar-refractivity contribution in [1.82, 2.24) is 5.32 Å². The normalized spacial score (nSPS) is 20.7. The lowest BCUT2D eigenvalue weighted by Gasteiger charge is -2.24. The van der Waals surface area contributed by atoms with Gasteiger partial charge in [0.2, 0.25) is 0 Å². The van der Waals surface area contributed by atoms with E-state index in [1.807, 2.05) is 13.8 Å². The maximum Gasteiger partial charge on any atom is 0.312 e. The number of carbonyl (C=O) groups excluding carboxylic acids is 1. The molecule has 2 aliphatic carbocycles. The molecule has 2 rings (SSSR count). The van der Waals surface area contributed by atoms with Gasteiger partial charge in [0, 0.05) is 6.54 Å². The van der Waals surface area contributed by atoms with Gasteiger partial charge in [-0.2, -0.15) is 0 Å². The fourth-order valence-electron chi connectivity index (χ4n) is 2.67. The Morgan fingerprint density at radius 2 is 1.82 bits per heavy atom. The van der Waals surface area contributed by atoms with Crippen LogP contribution in [0, 0.1) is 23.2 Å². The van der Waals surface area contributed by atoms with Gasteiger partial charge < -0.3 is 10.1 Å². The first-order valence-corrected chi connectivity index (χ1v) is 6.84. The summed E-state index contributed by atoms with van der Waals surface area (Å²) in [7, 11) is 1.46. The number of rotatable bonds is 7. The molecule has 2 saturated carbocycles. The summed E-state index contributed by atoms with van der Waals surface area (Å²) in [5.41, 5.74) is -0.410. The minimum absolute atomic E-state index is 0.126. The molecule has 0 aromatic heterocycles. The van der Waals surface area contributed by atoms with Gasteiger partial charge in [0.05, 0.1) is 12.5 Å². The van der Waals surface area contributed by atoms with Crippen LogP contribution in [-0.2, 0) is 9.53 Å². The predicted molar refractivity (Wildman–Crippen MR) is 67.6 cm³/mol. The summed E-state index contributed by atoms with van der Waals surface area (Å²) < 4.78 is 4.81.